The molecule has 10 heteroatoms. The number of fused-ring (bicyclic) bond motifs is 2. The van der Waals surface area contributed by atoms with Crippen LogP contribution in [0, 0.1) is 18.3 Å². The Kier molecular flexibility index (Phi) is 8.26. The molecule has 2 saturated carbocycles. The number of carbonyl (C=O) groups is 2. The number of amides is 2. The Morgan fingerprint density at radius 2 is 1.81 bits per heavy atom. The van der Waals surface area contributed by atoms with Crippen LogP contribution in [-0.2, 0) is 40.6 Å². The van der Waals surface area contributed by atoms with Crippen molar-refractivity contribution in [1.29, 1.82) is 0 Å². The van der Waals surface area contributed by atoms with E-state index in [0.29, 0.717) is 62.0 Å². The van der Waals surface area contributed by atoms with Gasteiger partial charge in [0.05, 0.1) is 29.1 Å². The average Bonchev–Trinajstić information content (AvgIpc) is 3.99. The quantitative estimate of drug-likeness (QED) is 0.191. The highest BCUT2D eigenvalue weighted by molar-refractivity contribution is 6.20. The zero-order chi connectivity index (χ0) is 32.9. The second kappa shape index (κ2) is 12.4. The molecule has 0 saturated heterocycles. The van der Waals surface area contributed by atoms with Gasteiger partial charge in [-0.15, -0.1) is 0 Å². The van der Waals surface area contributed by atoms with Gasteiger partial charge in [0.25, 0.3) is 5.56 Å². The zero-order valence-electron chi connectivity index (χ0n) is 27.7. The lowest BCUT2D eigenvalue weighted by molar-refractivity contribution is -0.137. The van der Waals surface area contributed by atoms with Gasteiger partial charge in [-0.3, -0.25) is 24.3 Å². The largest absolute Gasteiger partial charge is 0.461 e. The summed E-state index contributed by atoms with van der Waals surface area (Å²) in [7, 11) is 1.66. The van der Waals surface area contributed by atoms with Gasteiger partial charge in [-0.05, 0) is 93.8 Å². The van der Waals surface area contributed by atoms with Crippen LogP contribution >= 0.6 is 0 Å². The van der Waals surface area contributed by atoms with Gasteiger partial charge in [0.15, 0.2) is 0 Å². The summed E-state index contributed by atoms with van der Waals surface area (Å²) in [6.45, 7) is 8.67. The van der Waals surface area contributed by atoms with Gasteiger partial charge >= 0.3 is 0 Å². The molecule has 0 unspecified atom stereocenters. The number of methoxy groups -OCH3 is 1. The van der Waals surface area contributed by atoms with Gasteiger partial charge < -0.3 is 23.5 Å². The van der Waals surface area contributed by atoms with Crippen LogP contribution in [0.3, 0.4) is 0 Å². The summed E-state index contributed by atoms with van der Waals surface area (Å²) in [5.41, 5.74) is 3.99. The van der Waals surface area contributed by atoms with E-state index >= 15 is 0 Å². The van der Waals surface area contributed by atoms with E-state index in [2.05, 4.69) is 28.1 Å². The molecule has 2 aliphatic carbocycles. The lowest BCUT2D eigenvalue weighted by Gasteiger charge is -2.29. The number of hydrogen-bond acceptors (Lipinski definition) is 7. The minimum absolute atomic E-state index is 0.0765. The van der Waals surface area contributed by atoms with Gasteiger partial charge in [-0.2, -0.15) is 0 Å². The number of anilines is 2. The highest BCUT2D eigenvalue weighted by atomic mass is 16.5. The average molecular weight is 638 g/mol. The number of rotatable bonds is 12. The zero-order valence-corrected chi connectivity index (χ0v) is 27.7. The number of carbonyl (C=O) groups excluding carboxylic acids is 2. The monoisotopic (exact) mass is 637 g/mol. The van der Waals surface area contributed by atoms with Gasteiger partial charge in [0.1, 0.15) is 16.8 Å². The number of ether oxygens (including phenoxy) is 1. The number of furan rings is 1. The van der Waals surface area contributed by atoms with Crippen molar-refractivity contribution in [1.82, 2.24) is 14.5 Å². The highest BCUT2D eigenvalue weighted by Gasteiger charge is 2.50. The van der Waals surface area contributed by atoms with E-state index in [1.807, 2.05) is 34.9 Å². The van der Waals surface area contributed by atoms with Gasteiger partial charge in [0, 0.05) is 58.3 Å². The maximum Gasteiger partial charge on any atom is 0.261 e. The fourth-order valence-corrected chi connectivity index (χ4v) is 6.70. The Bertz CT molecular complexity index is 1890. The molecular weight excluding hydrogens is 594 g/mol. The highest BCUT2D eigenvalue weighted by Crippen LogP contribution is 2.46. The smallest absolute Gasteiger partial charge is 0.261 e. The van der Waals surface area contributed by atoms with Crippen LogP contribution in [0.4, 0.5) is 11.4 Å². The van der Waals surface area contributed by atoms with Crippen LogP contribution in [0.2, 0.25) is 0 Å². The van der Waals surface area contributed by atoms with E-state index in [1.54, 1.807) is 44.0 Å². The van der Waals surface area contributed by atoms with Crippen LogP contribution in [0.5, 0.6) is 0 Å². The van der Waals surface area contributed by atoms with Crippen molar-refractivity contribution in [2.24, 2.45) is 11.3 Å². The second-order valence-corrected chi connectivity index (χ2v) is 13.9. The van der Waals surface area contributed by atoms with Gasteiger partial charge in [-0.25, -0.2) is 0 Å². The summed E-state index contributed by atoms with van der Waals surface area (Å²) in [5, 5.41) is 0.579. The van der Waals surface area contributed by atoms with E-state index < -0.39 is 5.41 Å². The van der Waals surface area contributed by atoms with Crippen molar-refractivity contribution in [3.05, 3.63) is 87.8 Å². The fourth-order valence-electron chi connectivity index (χ4n) is 6.70. The maximum atomic E-state index is 14.0. The van der Waals surface area contributed by atoms with Crippen molar-refractivity contribution in [2.75, 3.05) is 30.0 Å². The van der Waals surface area contributed by atoms with Crippen molar-refractivity contribution in [3.8, 4) is 0 Å². The van der Waals surface area contributed by atoms with Crippen molar-refractivity contribution < 1.29 is 18.7 Å². The van der Waals surface area contributed by atoms with Crippen molar-refractivity contribution >= 4 is 34.2 Å². The first-order valence-electron chi connectivity index (χ1n) is 16.7. The Hall–Kier alpha value is -4.28. The number of aromatic nitrogens is 2. The van der Waals surface area contributed by atoms with Crippen LogP contribution < -0.4 is 15.4 Å². The molecule has 0 radical (unpaired) electrons. The van der Waals surface area contributed by atoms with E-state index in [9.17, 15) is 14.4 Å². The summed E-state index contributed by atoms with van der Waals surface area (Å²) >= 11 is 0. The predicted octanol–water partition coefficient (Wildman–Crippen LogP) is 5.42. The van der Waals surface area contributed by atoms with Gasteiger partial charge in [0.2, 0.25) is 11.8 Å². The third-order valence-corrected chi connectivity index (χ3v) is 9.68. The summed E-state index contributed by atoms with van der Waals surface area (Å²) in [6, 6.07) is 14.0. The molecule has 0 N–H and O–H groups in total. The molecule has 2 amide bonds. The Morgan fingerprint density at radius 1 is 1.00 bits per heavy atom. The summed E-state index contributed by atoms with van der Waals surface area (Å²) < 4.78 is 12.8. The summed E-state index contributed by atoms with van der Waals surface area (Å²) in [6.07, 6.45) is 7.67. The molecule has 10 nitrogen and oxygen atoms in total. The van der Waals surface area contributed by atoms with Crippen LogP contribution in [-0.4, -0.2) is 52.5 Å². The summed E-state index contributed by atoms with van der Waals surface area (Å²) in [5.74, 6) is 0.948. The number of hydrogen-bond donors (Lipinski definition) is 0. The predicted molar refractivity (Wildman–Crippen MR) is 180 cm³/mol. The molecule has 2 fully saturated rings. The van der Waals surface area contributed by atoms with Crippen molar-refractivity contribution in [3.63, 3.8) is 0 Å². The molecular formula is C37H43N5O5. The Morgan fingerprint density at radius 3 is 2.55 bits per heavy atom. The topological polar surface area (TPSA) is 101 Å². The molecule has 0 atom stereocenters. The number of benzene rings is 1. The second-order valence-electron chi connectivity index (χ2n) is 13.9. The lowest BCUT2D eigenvalue weighted by Crippen LogP contribution is -2.49. The number of pyridine rings is 2. The third-order valence-electron chi connectivity index (χ3n) is 9.68. The molecule has 0 bridgehead atoms. The standard InChI is InChI=1S/C37H43N5O5/c1-24-18-29-33(47-24)13-15-40(34(29)43)17-16-39(22-27-6-5-14-38-30(27)23-46-4)20-26-9-12-31-32(19-26)42(28-10-11-28)36(45)37(2,3)35(44)41(31)21-25-7-8-25/h5-6,9,12-15,18-19,25,28H,7-8,10-11,16-17,20-23H2,1-4H3. The summed E-state index contributed by atoms with van der Waals surface area (Å²) in [4.78, 5) is 51.9. The van der Waals surface area contributed by atoms with Crippen LogP contribution in [0.1, 0.15) is 62.1 Å². The number of aryl methyl sites for hydroxylation is 1. The molecule has 1 aliphatic heterocycles. The first-order valence-corrected chi connectivity index (χ1v) is 16.7. The Labute approximate surface area is 274 Å². The first kappa shape index (κ1) is 31.3. The lowest BCUT2D eigenvalue weighted by atomic mass is 9.90. The third kappa shape index (κ3) is 6.24. The Balaban J connectivity index is 1.23. The molecule has 4 heterocycles. The van der Waals surface area contributed by atoms with Crippen LogP contribution in [0.15, 0.2) is 64.1 Å². The molecule has 1 aromatic carbocycles. The molecule has 3 aromatic heterocycles. The first-order chi connectivity index (χ1) is 22.6. The van der Waals surface area contributed by atoms with E-state index in [4.69, 9.17) is 9.15 Å². The van der Waals surface area contributed by atoms with Gasteiger partial charge in [-0.1, -0.05) is 12.1 Å². The molecule has 7 rings (SSSR count). The van der Waals surface area contributed by atoms with E-state index in [0.717, 1.165) is 53.9 Å². The molecule has 47 heavy (non-hydrogen) atoms. The normalized spacial score (nSPS) is 17.9. The minimum Gasteiger partial charge on any atom is -0.461 e. The molecule has 246 valence electrons. The number of nitrogens with zero attached hydrogens (tertiary/aromatic N) is 5. The fraction of sp³-hybridized carbons (Fsp3) is 0.459. The minimum atomic E-state index is -1.14. The van der Waals surface area contributed by atoms with Crippen LogP contribution in [0.25, 0.3) is 11.0 Å². The van der Waals surface area contributed by atoms with E-state index in [1.165, 1.54) is 0 Å². The van der Waals surface area contributed by atoms with Crippen molar-refractivity contribution in [2.45, 2.75) is 78.7 Å². The molecule has 4 aromatic rings. The molecule has 0 spiro atoms. The SMILES string of the molecule is COCc1ncccc1CN(CCn1ccc2oc(C)cc2c1=O)Cc1ccc2c(c1)N(C1CC1)C(=O)C(C)(C)C(=O)N2CC1CC1. The maximum absolute atomic E-state index is 14.0. The molecule has 3 aliphatic rings. The van der Waals surface area contributed by atoms with E-state index in [-0.39, 0.29) is 23.4 Å².